The van der Waals surface area contributed by atoms with Gasteiger partial charge in [-0.1, -0.05) is 23.7 Å². The van der Waals surface area contributed by atoms with E-state index in [1.54, 1.807) is 0 Å². The molecular formula is C12H12BrClN2O. The van der Waals surface area contributed by atoms with Crippen molar-refractivity contribution < 1.29 is 5.11 Å². The van der Waals surface area contributed by atoms with Crippen molar-refractivity contribution >= 4 is 27.5 Å². The van der Waals surface area contributed by atoms with Gasteiger partial charge in [-0.25, -0.2) is 0 Å². The van der Waals surface area contributed by atoms with Gasteiger partial charge in [-0.15, -0.1) is 0 Å². The van der Waals surface area contributed by atoms with Crippen LogP contribution in [0, 0.1) is 0 Å². The van der Waals surface area contributed by atoms with E-state index in [0.717, 1.165) is 15.7 Å². The van der Waals surface area contributed by atoms with Crippen LogP contribution in [0.1, 0.15) is 6.42 Å². The van der Waals surface area contributed by atoms with Crippen molar-refractivity contribution in [3.63, 3.8) is 0 Å². The Labute approximate surface area is 113 Å². The molecule has 90 valence electrons. The zero-order chi connectivity index (χ0) is 12.3. The monoisotopic (exact) mass is 314 g/mol. The van der Waals surface area contributed by atoms with E-state index in [2.05, 4.69) is 21.0 Å². The molecule has 0 unspecified atom stereocenters. The van der Waals surface area contributed by atoms with Crippen molar-refractivity contribution in [3.05, 3.63) is 40.0 Å². The molecule has 2 rings (SSSR count). The fourth-order valence-corrected chi connectivity index (χ4v) is 2.22. The molecule has 0 aliphatic carbocycles. The van der Waals surface area contributed by atoms with Crippen molar-refractivity contribution in [2.75, 3.05) is 6.61 Å². The van der Waals surface area contributed by atoms with Gasteiger partial charge in [-0.2, -0.15) is 5.10 Å². The molecule has 1 heterocycles. The maximum atomic E-state index is 8.78. The highest BCUT2D eigenvalue weighted by molar-refractivity contribution is 9.10. The first kappa shape index (κ1) is 12.6. The predicted molar refractivity (Wildman–Crippen MR) is 72.1 cm³/mol. The average Bonchev–Trinajstić information content (AvgIpc) is 2.69. The highest BCUT2D eigenvalue weighted by atomic mass is 79.9. The number of aliphatic hydroxyl groups is 1. The molecule has 5 heteroatoms. The van der Waals surface area contributed by atoms with Crippen molar-refractivity contribution in [1.82, 2.24) is 9.78 Å². The van der Waals surface area contributed by atoms with Crippen LogP contribution in [0.25, 0.3) is 11.3 Å². The van der Waals surface area contributed by atoms with Gasteiger partial charge in [0.05, 0.1) is 4.47 Å². The molecule has 0 saturated heterocycles. The molecular weight excluding hydrogens is 304 g/mol. The van der Waals surface area contributed by atoms with Crippen LogP contribution in [0.15, 0.2) is 34.9 Å². The lowest BCUT2D eigenvalue weighted by molar-refractivity contribution is 0.277. The van der Waals surface area contributed by atoms with Crippen LogP contribution in [0.4, 0.5) is 0 Å². The third kappa shape index (κ3) is 3.09. The average molecular weight is 316 g/mol. The summed E-state index contributed by atoms with van der Waals surface area (Å²) in [6, 6.07) is 7.56. The fourth-order valence-electron chi connectivity index (χ4n) is 1.55. The first-order valence-corrected chi connectivity index (χ1v) is 6.47. The van der Waals surface area contributed by atoms with E-state index < -0.39 is 0 Å². The summed E-state index contributed by atoms with van der Waals surface area (Å²) in [6.07, 6.45) is 2.62. The van der Waals surface area contributed by atoms with Crippen LogP contribution in [0.5, 0.6) is 0 Å². The highest BCUT2D eigenvalue weighted by Crippen LogP contribution is 2.27. The van der Waals surface area contributed by atoms with Crippen molar-refractivity contribution in [1.29, 1.82) is 0 Å². The van der Waals surface area contributed by atoms with Crippen LogP contribution in [0.3, 0.4) is 0 Å². The topological polar surface area (TPSA) is 38.0 Å². The number of nitrogens with zero attached hydrogens (tertiary/aromatic N) is 2. The molecule has 17 heavy (non-hydrogen) atoms. The Hall–Kier alpha value is -0.840. The zero-order valence-electron chi connectivity index (χ0n) is 9.11. The van der Waals surface area contributed by atoms with E-state index in [9.17, 15) is 0 Å². The number of aromatic nitrogens is 2. The highest BCUT2D eigenvalue weighted by Gasteiger charge is 2.08. The minimum Gasteiger partial charge on any atom is -0.396 e. The molecule has 0 spiro atoms. The minimum atomic E-state index is 0.174. The molecule has 0 fully saturated rings. The molecule has 1 N–H and O–H groups in total. The lowest BCUT2D eigenvalue weighted by Gasteiger charge is -1.99. The molecule has 0 aliphatic heterocycles. The van der Waals surface area contributed by atoms with Crippen LogP contribution in [-0.4, -0.2) is 21.5 Å². The number of hydrogen-bond acceptors (Lipinski definition) is 2. The first-order valence-electron chi connectivity index (χ1n) is 5.30. The summed E-state index contributed by atoms with van der Waals surface area (Å²) < 4.78 is 2.77. The van der Waals surface area contributed by atoms with Gasteiger partial charge >= 0.3 is 0 Å². The Morgan fingerprint density at radius 3 is 2.65 bits per heavy atom. The lowest BCUT2D eigenvalue weighted by atomic mass is 10.2. The summed E-state index contributed by atoms with van der Waals surface area (Å²) in [4.78, 5) is 0. The quantitative estimate of drug-likeness (QED) is 0.939. The van der Waals surface area contributed by atoms with E-state index in [1.165, 1.54) is 0 Å². The predicted octanol–water partition coefficient (Wildman–Crippen LogP) is 3.35. The van der Waals surface area contributed by atoms with Gasteiger partial charge in [-0.3, -0.25) is 4.68 Å². The van der Waals surface area contributed by atoms with E-state index in [1.807, 2.05) is 35.1 Å². The van der Waals surface area contributed by atoms with E-state index >= 15 is 0 Å². The van der Waals surface area contributed by atoms with Gasteiger partial charge in [0.25, 0.3) is 0 Å². The third-order valence-corrected chi connectivity index (χ3v) is 3.21. The second kappa shape index (κ2) is 5.67. The van der Waals surface area contributed by atoms with Crippen molar-refractivity contribution in [3.8, 4) is 11.3 Å². The summed E-state index contributed by atoms with van der Waals surface area (Å²) in [5, 5.41) is 14.0. The van der Waals surface area contributed by atoms with Gasteiger partial charge in [0.2, 0.25) is 0 Å². The van der Waals surface area contributed by atoms with E-state index in [4.69, 9.17) is 16.7 Å². The SMILES string of the molecule is OCCCn1cc(Br)c(-c2ccc(Cl)cc2)n1. The van der Waals surface area contributed by atoms with Crippen molar-refractivity contribution in [2.45, 2.75) is 13.0 Å². The molecule has 0 amide bonds. The molecule has 1 aromatic heterocycles. The van der Waals surface area contributed by atoms with Crippen LogP contribution >= 0.6 is 27.5 Å². The Morgan fingerprint density at radius 2 is 2.00 bits per heavy atom. The molecule has 2 aromatic rings. The number of rotatable bonds is 4. The second-order valence-corrected chi connectivity index (χ2v) is 4.96. The van der Waals surface area contributed by atoms with Gasteiger partial charge < -0.3 is 5.11 Å². The van der Waals surface area contributed by atoms with Gasteiger partial charge in [0.15, 0.2) is 0 Å². The van der Waals surface area contributed by atoms with Gasteiger partial charge in [-0.05, 0) is 34.5 Å². The Morgan fingerprint density at radius 1 is 1.29 bits per heavy atom. The van der Waals surface area contributed by atoms with E-state index in [0.29, 0.717) is 18.0 Å². The zero-order valence-corrected chi connectivity index (χ0v) is 11.4. The number of aryl methyl sites for hydroxylation is 1. The smallest absolute Gasteiger partial charge is 0.106 e. The van der Waals surface area contributed by atoms with Crippen LogP contribution in [0.2, 0.25) is 5.02 Å². The summed E-state index contributed by atoms with van der Waals surface area (Å²) >= 11 is 9.33. The number of aliphatic hydroxyl groups excluding tert-OH is 1. The first-order chi connectivity index (χ1) is 8.20. The van der Waals surface area contributed by atoms with Crippen LogP contribution in [-0.2, 0) is 6.54 Å². The summed E-state index contributed by atoms with van der Waals surface area (Å²) in [6.45, 7) is 0.885. The van der Waals surface area contributed by atoms with Gasteiger partial charge in [0, 0.05) is 29.9 Å². The Bertz CT molecular complexity index is 496. The minimum absolute atomic E-state index is 0.174. The standard InChI is InChI=1S/C12H12BrClN2O/c13-11-8-16(6-1-7-17)15-12(11)9-2-4-10(14)5-3-9/h2-5,8,17H,1,6-7H2. The van der Waals surface area contributed by atoms with Crippen LogP contribution < -0.4 is 0 Å². The summed E-state index contributed by atoms with van der Waals surface area (Å²) in [5.74, 6) is 0. The fraction of sp³-hybridized carbons (Fsp3) is 0.250. The molecule has 0 aliphatic rings. The normalized spacial score (nSPS) is 10.8. The molecule has 0 saturated carbocycles. The molecule has 1 aromatic carbocycles. The third-order valence-electron chi connectivity index (χ3n) is 2.38. The molecule has 0 radical (unpaired) electrons. The molecule has 0 bridgehead atoms. The number of benzene rings is 1. The summed E-state index contributed by atoms with van der Waals surface area (Å²) in [7, 11) is 0. The Balaban J connectivity index is 2.26. The maximum Gasteiger partial charge on any atom is 0.106 e. The van der Waals surface area contributed by atoms with E-state index in [-0.39, 0.29) is 6.61 Å². The summed E-state index contributed by atoms with van der Waals surface area (Å²) in [5.41, 5.74) is 1.91. The van der Waals surface area contributed by atoms with Crippen molar-refractivity contribution in [2.24, 2.45) is 0 Å². The Kier molecular flexibility index (Phi) is 4.20. The second-order valence-electron chi connectivity index (χ2n) is 3.67. The lowest BCUT2D eigenvalue weighted by Crippen LogP contribution is -2.00. The number of halogens is 2. The van der Waals surface area contributed by atoms with Gasteiger partial charge in [0.1, 0.15) is 5.69 Å². The number of hydrogen-bond donors (Lipinski definition) is 1. The molecule has 0 atom stereocenters. The molecule has 3 nitrogen and oxygen atoms in total. The largest absolute Gasteiger partial charge is 0.396 e. The maximum absolute atomic E-state index is 8.78.